The smallest absolute Gasteiger partial charge is 0.175 e. The Balaban J connectivity index is 2.52. The first-order valence-corrected chi connectivity index (χ1v) is 6.12. The molecule has 0 atom stereocenters. The summed E-state index contributed by atoms with van der Waals surface area (Å²) in [6.07, 6.45) is 4.29. The van der Waals surface area contributed by atoms with E-state index in [0.29, 0.717) is 6.54 Å². The van der Waals surface area contributed by atoms with E-state index in [9.17, 15) is 4.39 Å². The molecule has 0 aliphatic rings. The van der Waals surface area contributed by atoms with Crippen molar-refractivity contribution in [1.29, 1.82) is 0 Å². The summed E-state index contributed by atoms with van der Waals surface area (Å²) in [4.78, 5) is 3.69. The zero-order chi connectivity index (χ0) is 14.1. The van der Waals surface area contributed by atoms with Gasteiger partial charge in [0.15, 0.2) is 11.0 Å². The third kappa shape index (κ3) is 5.57. The summed E-state index contributed by atoms with van der Waals surface area (Å²) in [5.74, 6) is 0.181. The number of halogens is 2. The number of aliphatic imine (C=N–C) groups is 1. The number of benzene rings is 1. The van der Waals surface area contributed by atoms with Gasteiger partial charge in [-0.1, -0.05) is 29.8 Å². The Morgan fingerprint density at radius 1 is 1.42 bits per heavy atom. The summed E-state index contributed by atoms with van der Waals surface area (Å²) in [5.41, 5.74) is 1.01. The van der Waals surface area contributed by atoms with Crippen LogP contribution in [0.25, 0.3) is 0 Å². The molecule has 19 heavy (non-hydrogen) atoms. The summed E-state index contributed by atoms with van der Waals surface area (Å²) < 4.78 is 18.5. The molecule has 1 rings (SSSR count). The Bertz CT molecular complexity index is 481. The lowest BCUT2D eigenvalue weighted by molar-refractivity contribution is 0.414. The van der Waals surface area contributed by atoms with Gasteiger partial charge in [0, 0.05) is 18.9 Å². The molecule has 102 valence electrons. The highest BCUT2D eigenvalue weighted by molar-refractivity contribution is 6.69. The molecule has 0 unspecified atom stereocenters. The highest BCUT2D eigenvalue weighted by Crippen LogP contribution is 2.11. The largest absolute Gasteiger partial charge is 0.497 e. The summed E-state index contributed by atoms with van der Waals surface area (Å²) in [5, 5.41) is 2.65. The van der Waals surface area contributed by atoms with Crippen LogP contribution < -0.4 is 10.1 Å². The van der Waals surface area contributed by atoms with Crippen LogP contribution in [0.5, 0.6) is 5.75 Å². The Kier molecular flexibility index (Phi) is 6.68. The standard InChI is InChI=1S/C14H16ClFN2O/c1-3-8-18-14(15)13(16)10-17-9-11-4-6-12(19-2)7-5-11/h3-8,10,17H,9H2,1-2H3/b8-3-,13-10-,18-14+. The topological polar surface area (TPSA) is 33.6 Å². The van der Waals surface area contributed by atoms with Gasteiger partial charge in [-0.2, -0.15) is 0 Å². The van der Waals surface area contributed by atoms with Gasteiger partial charge in [-0.05, 0) is 24.6 Å². The van der Waals surface area contributed by atoms with Crippen LogP contribution in [-0.4, -0.2) is 12.3 Å². The molecule has 0 saturated heterocycles. The van der Waals surface area contributed by atoms with Crippen LogP contribution in [0.1, 0.15) is 12.5 Å². The maximum absolute atomic E-state index is 13.4. The van der Waals surface area contributed by atoms with Crippen LogP contribution in [0.2, 0.25) is 0 Å². The number of nitrogens with zero attached hydrogens (tertiary/aromatic N) is 1. The van der Waals surface area contributed by atoms with Crippen molar-refractivity contribution in [2.24, 2.45) is 4.99 Å². The molecule has 0 fully saturated rings. The van der Waals surface area contributed by atoms with E-state index in [-0.39, 0.29) is 5.17 Å². The maximum atomic E-state index is 13.4. The van der Waals surface area contributed by atoms with Gasteiger partial charge in [-0.25, -0.2) is 9.38 Å². The fourth-order valence-electron chi connectivity index (χ4n) is 1.26. The van der Waals surface area contributed by atoms with Gasteiger partial charge in [0.05, 0.1) is 7.11 Å². The highest BCUT2D eigenvalue weighted by atomic mass is 35.5. The fourth-order valence-corrected chi connectivity index (χ4v) is 1.37. The lowest BCUT2D eigenvalue weighted by atomic mass is 10.2. The summed E-state index contributed by atoms with van der Waals surface area (Å²) in [6.45, 7) is 2.27. The Labute approximate surface area is 117 Å². The van der Waals surface area contributed by atoms with Crippen molar-refractivity contribution in [3.8, 4) is 5.75 Å². The molecule has 5 heteroatoms. The monoisotopic (exact) mass is 282 g/mol. The number of hydrogen-bond donors (Lipinski definition) is 1. The summed E-state index contributed by atoms with van der Waals surface area (Å²) in [7, 11) is 1.61. The van der Waals surface area contributed by atoms with Gasteiger partial charge in [0.25, 0.3) is 0 Å². The number of rotatable bonds is 6. The number of ether oxygens (including phenoxy) is 1. The van der Waals surface area contributed by atoms with E-state index in [0.717, 1.165) is 11.3 Å². The second-order valence-electron chi connectivity index (χ2n) is 3.62. The van der Waals surface area contributed by atoms with Gasteiger partial charge in [-0.3, -0.25) is 0 Å². The van der Waals surface area contributed by atoms with Gasteiger partial charge in [0.2, 0.25) is 0 Å². The molecule has 3 nitrogen and oxygen atoms in total. The second-order valence-corrected chi connectivity index (χ2v) is 3.98. The molecule has 0 aliphatic heterocycles. The molecular weight excluding hydrogens is 267 g/mol. The van der Waals surface area contributed by atoms with Crippen LogP contribution >= 0.6 is 11.6 Å². The van der Waals surface area contributed by atoms with Gasteiger partial charge >= 0.3 is 0 Å². The van der Waals surface area contributed by atoms with Gasteiger partial charge in [-0.15, -0.1) is 0 Å². The number of methoxy groups -OCH3 is 1. The van der Waals surface area contributed by atoms with Crippen molar-refractivity contribution in [1.82, 2.24) is 5.32 Å². The van der Waals surface area contributed by atoms with Crippen LogP contribution in [0, 0.1) is 0 Å². The van der Waals surface area contributed by atoms with Gasteiger partial charge in [0.1, 0.15) is 5.75 Å². The Hall–Kier alpha value is -1.81. The van der Waals surface area contributed by atoms with Crippen molar-refractivity contribution in [2.45, 2.75) is 13.5 Å². The molecule has 0 radical (unpaired) electrons. The van der Waals surface area contributed by atoms with Gasteiger partial charge < -0.3 is 10.1 Å². The first-order chi connectivity index (χ1) is 9.17. The van der Waals surface area contributed by atoms with Crippen molar-refractivity contribution in [3.63, 3.8) is 0 Å². The molecule has 1 aromatic carbocycles. The zero-order valence-corrected chi connectivity index (χ0v) is 11.6. The van der Waals surface area contributed by atoms with Crippen molar-refractivity contribution in [3.05, 3.63) is 54.1 Å². The molecule has 0 amide bonds. The predicted octanol–water partition coefficient (Wildman–Crippen LogP) is 3.77. The van der Waals surface area contributed by atoms with E-state index in [1.807, 2.05) is 24.3 Å². The van der Waals surface area contributed by atoms with E-state index in [1.54, 1.807) is 20.1 Å². The molecule has 1 aromatic rings. The van der Waals surface area contributed by atoms with E-state index in [4.69, 9.17) is 16.3 Å². The number of allylic oxidation sites excluding steroid dienone is 2. The lowest BCUT2D eigenvalue weighted by Crippen LogP contribution is -2.06. The van der Waals surface area contributed by atoms with Crippen LogP contribution in [0.3, 0.4) is 0 Å². The average Bonchev–Trinajstić information content (AvgIpc) is 2.45. The van der Waals surface area contributed by atoms with E-state index >= 15 is 0 Å². The van der Waals surface area contributed by atoms with E-state index < -0.39 is 5.83 Å². The third-order valence-corrected chi connectivity index (χ3v) is 2.51. The summed E-state index contributed by atoms with van der Waals surface area (Å²) in [6, 6.07) is 7.48. The Morgan fingerprint density at radius 2 is 2.11 bits per heavy atom. The molecule has 0 aliphatic carbocycles. The molecule has 0 heterocycles. The highest BCUT2D eigenvalue weighted by Gasteiger charge is 2.00. The SMILES string of the molecule is C\C=C/N=C(Cl)\C(F)=C\NCc1ccc(OC)cc1. The molecule has 0 spiro atoms. The predicted molar refractivity (Wildman–Crippen MR) is 77.1 cm³/mol. The van der Waals surface area contributed by atoms with E-state index in [1.165, 1.54) is 12.4 Å². The quantitative estimate of drug-likeness (QED) is 0.806. The molecular formula is C14H16ClFN2O. The third-order valence-electron chi connectivity index (χ3n) is 2.23. The molecule has 0 aromatic heterocycles. The first-order valence-electron chi connectivity index (χ1n) is 5.74. The molecule has 1 N–H and O–H groups in total. The van der Waals surface area contributed by atoms with Crippen molar-refractivity contribution < 1.29 is 9.13 Å². The minimum atomic E-state index is -0.603. The minimum Gasteiger partial charge on any atom is -0.497 e. The minimum absolute atomic E-state index is 0.180. The Morgan fingerprint density at radius 3 is 2.68 bits per heavy atom. The van der Waals surface area contributed by atoms with Crippen molar-refractivity contribution >= 4 is 16.8 Å². The van der Waals surface area contributed by atoms with E-state index in [2.05, 4.69) is 10.3 Å². The number of hydrogen-bond acceptors (Lipinski definition) is 3. The summed E-state index contributed by atoms with van der Waals surface area (Å²) >= 11 is 5.63. The van der Waals surface area contributed by atoms with Crippen LogP contribution in [0.4, 0.5) is 4.39 Å². The van der Waals surface area contributed by atoms with Crippen LogP contribution in [0.15, 0.2) is 53.6 Å². The normalized spacial score (nSPS) is 12.8. The molecule has 0 saturated carbocycles. The van der Waals surface area contributed by atoms with Crippen LogP contribution in [-0.2, 0) is 6.54 Å². The first kappa shape index (κ1) is 15.2. The average molecular weight is 283 g/mol. The maximum Gasteiger partial charge on any atom is 0.175 e. The van der Waals surface area contributed by atoms with Crippen molar-refractivity contribution in [2.75, 3.05) is 7.11 Å². The second kappa shape index (κ2) is 8.32. The fraction of sp³-hybridized carbons (Fsp3) is 0.214. The number of nitrogens with one attached hydrogen (secondary N) is 1. The molecule has 0 bridgehead atoms. The zero-order valence-electron chi connectivity index (χ0n) is 10.9. The lowest BCUT2D eigenvalue weighted by Gasteiger charge is -2.03.